The number of nitro benzene ring substituents is 1. The lowest BCUT2D eigenvalue weighted by Gasteiger charge is -2.26. The molecule has 6 heteroatoms. The van der Waals surface area contributed by atoms with Crippen molar-refractivity contribution in [2.75, 3.05) is 6.61 Å². The fourth-order valence-electron chi connectivity index (χ4n) is 2.43. The van der Waals surface area contributed by atoms with Gasteiger partial charge in [0.25, 0.3) is 5.69 Å². The summed E-state index contributed by atoms with van der Waals surface area (Å²) in [5.41, 5.74) is -0.989. The third kappa shape index (κ3) is 3.00. The van der Waals surface area contributed by atoms with E-state index in [1.54, 1.807) is 44.2 Å². The maximum absolute atomic E-state index is 12.5. The zero-order chi connectivity index (χ0) is 16.2. The molecule has 0 saturated carbocycles. The number of nitrogens with zero attached hydrogens (tertiary/aromatic N) is 1. The van der Waals surface area contributed by atoms with Crippen molar-refractivity contribution in [1.29, 1.82) is 0 Å². The van der Waals surface area contributed by atoms with Crippen molar-refractivity contribution >= 4 is 11.7 Å². The summed E-state index contributed by atoms with van der Waals surface area (Å²) in [4.78, 5) is 23.3. The highest BCUT2D eigenvalue weighted by molar-refractivity contribution is 5.84. The number of nitro groups is 1. The molecule has 22 heavy (non-hydrogen) atoms. The smallest absolute Gasteiger partial charge is 0.316 e. The largest absolute Gasteiger partial charge is 0.469 e. The summed E-state index contributed by atoms with van der Waals surface area (Å²) in [6.07, 6.45) is 1.68. The third-order valence-electron chi connectivity index (χ3n) is 3.53. The Kier molecular flexibility index (Phi) is 4.60. The summed E-state index contributed by atoms with van der Waals surface area (Å²) in [5.74, 6) is 0.0504. The van der Waals surface area contributed by atoms with E-state index in [1.807, 2.05) is 0 Å². The lowest BCUT2D eigenvalue weighted by Crippen LogP contribution is -2.37. The van der Waals surface area contributed by atoms with Crippen molar-refractivity contribution in [3.63, 3.8) is 0 Å². The van der Waals surface area contributed by atoms with E-state index in [0.29, 0.717) is 11.3 Å². The molecule has 2 aromatic rings. The van der Waals surface area contributed by atoms with Gasteiger partial charge in [-0.15, -0.1) is 0 Å². The molecule has 1 aromatic heterocycles. The Morgan fingerprint density at radius 2 is 2.05 bits per heavy atom. The van der Waals surface area contributed by atoms with Gasteiger partial charge in [-0.25, -0.2) is 0 Å². The number of ether oxygens (including phenoxy) is 1. The molecule has 0 N–H and O–H groups in total. The van der Waals surface area contributed by atoms with Gasteiger partial charge in [-0.05, 0) is 26.0 Å². The topological polar surface area (TPSA) is 82.6 Å². The zero-order valence-electron chi connectivity index (χ0n) is 12.4. The predicted molar refractivity (Wildman–Crippen MR) is 79.5 cm³/mol. The Hall–Kier alpha value is -2.63. The van der Waals surface area contributed by atoms with Crippen LogP contribution in [-0.2, 0) is 21.4 Å². The van der Waals surface area contributed by atoms with Crippen LogP contribution in [0.1, 0.15) is 25.2 Å². The van der Waals surface area contributed by atoms with Gasteiger partial charge in [0, 0.05) is 18.1 Å². The Morgan fingerprint density at radius 3 is 2.64 bits per heavy atom. The summed E-state index contributed by atoms with van der Waals surface area (Å²) >= 11 is 0. The normalized spacial score (nSPS) is 13.4. The molecule has 0 fully saturated rings. The van der Waals surface area contributed by atoms with Crippen molar-refractivity contribution < 1.29 is 18.9 Å². The summed E-state index contributed by atoms with van der Waals surface area (Å²) in [5, 5.41) is 11.3. The van der Waals surface area contributed by atoms with Gasteiger partial charge in [0.1, 0.15) is 11.2 Å². The number of furan rings is 1. The Bertz CT molecular complexity index is 665. The maximum Gasteiger partial charge on any atom is 0.316 e. The van der Waals surface area contributed by atoms with E-state index >= 15 is 0 Å². The van der Waals surface area contributed by atoms with E-state index in [1.165, 1.54) is 12.3 Å². The minimum Gasteiger partial charge on any atom is -0.469 e. The Labute approximate surface area is 127 Å². The van der Waals surface area contributed by atoms with E-state index in [9.17, 15) is 14.9 Å². The average Bonchev–Trinajstić information content (AvgIpc) is 3.00. The Balaban J connectivity index is 2.53. The number of carbonyl (C=O) groups is 1. The number of carbonyl (C=O) groups excluding carboxylic acids is 1. The molecule has 6 nitrogen and oxygen atoms in total. The van der Waals surface area contributed by atoms with Gasteiger partial charge in [-0.1, -0.05) is 18.2 Å². The van der Waals surface area contributed by atoms with E-state index in [4.69, 9.17) is 9.15 Å². The molecular formula is C16H17NO5. The van der Waals surface area contributed by atoms with Crippen LogP contribution >= 0.6 is 0 Å². The predicted octanol–water partition coefficient (Wildman–Crippen LogP) is 3.25. The van der Waals surface area contributed by atoms with E-state index in [-0.39, 0.29) is 18.7 Å². The molecule has 0 amide bonds. The van der Waals surface area contributed by atoms with Crippen molar-refractivity contribution in [2.45, 2.75) is 25.7 Å². The molecule has 1 aromatic carbocycles. The van der Waals surface area contributed by atoms with Gasteiger partial charge in [-0.3, -0.25) is 14.9 Å². The van der Waals surface area contributed by atoms with E-state index < -0.39 is 16.3 Å². The van der Waals surface area contributed by atoms with E-state index in [2.05, 4.69) is 0 Å². The second-order valence-electron chi connectivity index (χ2n) is 5.08. The third-order valence-corrected chi connectivity index (χ3v) is 3.53. The molecule has 116 valence electrons. The molecule has 0 spiro atoms. The van der Waals surface area contributed by atoms with E-state index in [0.717, 1.165) is 0 Å². The van der Waals surface area contributed by atoms with Crippen LogP contribution in [-0.4, -0.2) is 17.5 Å². The van der Waals surface area contributed by atoms with Gasteiger partial charge in [0.15, 0.2) is 0 Å². The molecule has 0 aliphatic heterocycles. The highest BCUT2D eigenvalue weighted by Gasteiger charge is 2.42. The summed E-state index contributed by atoms with van der Waals surface area (Å²) in [6, 6.07) is 9.64. The fraction of sp³-hybridized carbons (Fsp3) is 0.312. The minimum atomic E-state index is -1.20. The zero-order valence-corrected chi connectivity index (χ0v) is 12.4. The first kappa shape index (κ1) is 15.8. The first-order chi connectivity index (χ1) is 10.5. The molecule has 0 saturated heterocycles. The average molecular weight is 303 g/mol. The van der Waals surface area contributed by atoms with Crippen molar-refractivity contribution in [3.05, 3.63) is 64.1 Å². The van der Waals surface area contributed by atoms with Crippen LogP contribution in [0.5, 0.6) is 0 Å². The number of hydrogen-bond acceptors (Lipinski definition) is 5. The first-order valence-corrected chi connectivity index (χ1v) is 6.92. The van der Waals surface area contributed by atoms with Crippen molar-refractivity contribution in [1.82, 2.24) is 0 Å². The molecule has 1 unspecified atom stereocenters. The van der Waals surface area contributed by atoms with Crippen LogP contribution in [0, 0.1) is 10.1 Å². The molecule has 0 radical (unpaired) electrons. The molecular weight excluding hydrogens is 286 g/mol. The number of rotatable bonds is 6. The van der Waals surface area contributed by atoms with Crippen molar-refractivity contribution in [3.8, 4) is 0 Å². The summed E-state index contributed by atoms with van der Waals surface area (Å²) < 4.78 is 10.4. The second kappa shape index (κ2) is 6.43. The summed E-state index contributed by atoms with van der Waals surface area (Å²) in [7, 11) is 0. The van der Waals surface area contributed by atoms with Crippen LogP contribution in [0.3, 0.4) is 0 Å². The van der Waals surface area contributed by atoms with Gasteiger partial charge < -0.3 is 9.15 Å². The van der Waals surface area contributed by atoms with Gasteiger partial charge in [-0.2, -0.15) is 0 Å². The number of esters is 1. The SMILES string of the molecule is CCOC(=O)C(C)(Cc1ccco1)c1ccccc1[N+](=O)[O-]. The highest BCUT2D eigenvalue weighted by Crippen LogP contribution is 2.36. The van der Waals surface area contributed by atoms with Gasteiger partial charge in [0.2, 0.25) is 0 Å². The number of para-hydroxylation sites is 1. The molecule has 1 atom stereocenters. The van der Waals surface area contributed by atoms with Crippen LogP contribution in [0.2, 0.25) is 0 Å². The van der Waals surface area contributed by atoms with Crippen LogP contribution in [0.4, 0.5) is 5.69 Å². The second-order valence-corrected chi connectivity index (χ2v) is 5.08. The first-order valence-electron chi connectivity index (χ1n) is 6.92. The lowest BCUT2D eigenvalue weighted by molar-refractivity contribution is -0.386. The fourth-order valence-corrected chi connectivity index (χ4v) is 2.43. The number of hydrogen-bond donors (Lipinski definition) is 0. The number of benzene rings is 1. The summed E-state index contributed by atoms with van der Waals surface area (Å²) in [6.45, 7) is 3.54. The van der Waals surface area contributed by atoms with Crippen molar-refractivity contribution in [2.24, 2.45) is 0 Å². The van der Waals surface area contributed by atoms with Crippen LogP contribution < -0.4 is 0 Å². The van der Waals surface area contributed by atoms with Crippen LogP contribution in [0.15, 0.2) is 47.1 Å². The lowest BCUT2D eigenvalue weighted by atomic mass is 9.78. The molecule has 0 bridgehead atoms. The van der Waals surface area contributed by atoms with Gasteiger partial charge in [0.05, 0.1) is 17.8 Å². The van der Waals surface area contributed by atoms with Gasteiger partial charge >= 0.3 is 5.97 Å². The highest BCUT2D eigenvalue weighted by atomic mass is 16.6. The molecule has 0 aliphatic rings. The monoisotopic (exact) mass is 303 g/mol. The van der Waals surface area contributed by atoms with Crippen LogP contribution in [0.25, 0.3) is 0 Å². The molecule has 1 heterocycles. The molecule has 0 aliphatic carbocycles. The molecule has 2 rings (SSSR count). The quantitative estimate of drug-likeness (QED) is 0.464. The Morgan fingerprint density at radius 1 is 1.32 bits per heavy atom. The maximum atomic E-state index is 12.5. The minimum absolute atomic E-state index is 0.107. The standard InChI is InChI=1S/C16H17NO5/c1-3-21-15(18)16(2,11-12-7-6-10-22-12)13-8-4-5-9-14(13)17(19)20/h4-10H,3,11H2,1-2H3.